The Morgan fingerprint density at radius 3 is 2.42 bits per heavy atom. The quantitative estimate of drug-likeness (QED) is 0.502. The number of carbonyl (C=O) groups excluding carboxylic acids is 2. The lowest BCUT2D eigenvalue weighted by Gasteiger charge is -2.22. The van der Waals surface area contributed by atoms with Gasteiger partial charge in [0.2, 0.25) is 0 Å². The molecule has 2 atom stereocenters. The van der Waals surface area contributed by atoms with Crippen LogP contribution in [0, 0.1) is 17.8 Å². The molecule has 0 aromatic carbocycles. The topological polar surface area (TPSA) is 52.6 Å². The van der Waals surface area contributed by atoms with Crippen molar-refractivity contribution < 1.29 is 19.1 Å². The smallest absolute Gasteiger partial charge is 0.309 e. The lowest BCUT2D eigenvalue weighted by atomic mass is 9.90. The molecular weight excluding hydrogens is 304 g/mol. The van der Waals surface area contributed by atoms with Gasteiger partial charge >= 0.3 is 11.9 Å². The third-order valence-electron chi connectivity index (χ3n) is 5.08. The van der Waals surface area contributed by atoms with Gasteiger partial charge in [-0.05, 0) is 31.1 Å². The second kappa shape index (κ2) is 12.3. The molecular formula is C20H36O4. The summed E-state index contributed by atoms with van der Waals surface area (Å²) in [5, 5.41) is 0. The highest BCUT2D eigenvalue weighted by atomic mass is 16.5. The molecule has 4 nitrogen and oxygen atoms in total. The summed E-state index contributed by atoms with van der Waals surface area (Å²) in [6.45, 7) is 7.02. The minimum Gasteiger partial charge on any atom is -0.465 e. The van der Waals surface area contributed by atoms with Gasteiger partial charge in [0.1, 0.15) is 0 Å². The van der Waals surface area contributed by atoms with Crippen molar-refractivity contribution in [3.8, 4) is 0 Å². The van der Waals surface area contributed by atoms with Crippen LogP contribution >= 0.6 is 0 Å². The van der Waals surface area contributed by atoms with Gasteiger partial charge in [-0.25, -0.2) is 0 Å². The first kappa shape index (κ1) is 21.0. The van der Waals surface area contributed by atoms with Crippen LogP contribution in [0.5, 0.6) is 0 Å². The summed E-state index contributed by atoms with van der Waals surface area (Å²) >= 11 is 0. The highest BCUT2D eigenvalue weighted by Crippen LogP contribution is 2.24. The van der Waals surface area contributed by atoms with Crippen LogP contribution in [0.15, 0.2) is 0 Å². The molecule has 0 aliphatic heterocycles. The zero-order chi connectivity index (χ0) is 17.8. The van der Waals surface area contributed by atoms with E-state index in [0.717, 1.165) is 32.1 Å². The third kappa shape index (κ3) is 8.70. The van der Waals surface area contributed by atoms with Crippen LogP contribution < -0.4 is 0 Å². The van der Waals surface area contributed by atoms with Crippen molar-refractivity contribution in [3.05, 3.63) is 0 Å². The van der Waals surface area contributed by atoms with Gasteiger partial charge in [-0.3, -0.25) is 9.59 Å². The average Bonchev–Trinajstić information content (AvgIpc) is 2.60. The zero-order valence-electron chi connectivity index (χ0n) is 15.9. The lowest BCUT2D eigenvalue weighted by molar-refractivity contribution is -0.156. The van der Waals surface area contributed by atoms with Crippen LogP contribution in [0.25, 0.3) is 0 Å². The van der Waals surface area contributed by atoms with Gasteiger partial charge in [-0.1, -0.05) is 59.3 Å². The monoisotopic (exact) mass is 340 g/mol. The Morgan fingerprint density at radius 2 is 1.79 bits per heavy atom. The van der Waals surface area contributed by atoms with Crippen molar-refractivity contribution in [1.29, 1.82) is 0 Å². The fraction of sp³-hybridized carbons (Fsp3) is 0.900. The van der Waals surface area contributed by atoms with E-state index in [2.05, 4.69) is 13.8 Å². The van der Waals surface area contributed by atoms with Gasteiger partial charge < -0.3 is 9.47 Å². The summed E-state index contributed by atoms with van der Waals surface area (Å²) in [5.74, 6) is -0.0346. The Labute approximate surface area is 147 Å². The summed E-state index contributed by atoms with van der Waals surface area (Å²) in [6, 6.07) is 0. The van der Waals surface area contributed by atoms with E-state index in [0.29, 0.717) is 25.0 Å². The molecule has 1 aliphatic carbocycles. The number of ether oxygens (including phenoxy) is 2. The van der Waals surface area contributed by atoms with Crippen LogP contribution in [0.2, 0.25) is 0 Å². The standard InChI is InChI=1S/C20H36O4/c1-4-6-10-17(5-2)14-23-19(21)13-16(3)20(22)24-15-18-11-8-7-9-12-18/h16-18H,4-15H2,1-3H3. The first-order valence-electron chi connectivity index (χ1n) is 9.89. The van der Waals surface area contributed by atoms with Crippen LogP contribution in [-0.2, 0) is 19.1 Å². The second-order valence-electron chi connectivity index (χ2n) is 7.34. The fourth-order valence-electron chi connectivity index (χ4n) is 3.20. The third-order valence-corrected chi connectivity index (χ3v) is 5.08. The summed E-state index contributed by atoms with van der Waals surface area (Å²) in [5.41, 5.74) is 0. The van der Waals surface area contributed by atoms with Crippen molar-refractivity contribution >= 4 is 11.9 Å². The Morgan fingerprint density at radius 1 is 1.08 bits per heavy atom. The molecule has 0 saturated heterocycles. The Bertz CT molecular complexity index is 361. The number of hydrogen-bond donors (Lipinski definition) is 0. The van der Waals surface area contributed by atoms with E-state index in [4.69, 9.17) is 9.47 Å². The van der Waals surface area contributed by atoms with Gasteiger partial charge in [-0.15, -0.1) is 0 Å². The van der Waals surface area contributed by atoms with Crippen molar-refractivity contribution in [2.75, 3.05) is 13.2 Å². The van der Waals surface area contributed by atoms with E-state index in [1.807, 2.05) is 0 Å². The van der Waals surface area contributed by atoms with Crippen LogP contribution in [0.3, 0.4) is 0 Å². The predicted octanol–water partition coefficient (Wildman–Crippen LogP) is 4.90. The van der Waals surface area contributed by atoms with Gasteiger partial charge in [0.15, 0.2) is 0 Å². The molecule has 140 valence electrons. The molecule has 1 rings (SSSR count). The molecule has 2 unspecified atom stereocenters. The van der Waals surface area contributed by atoms with Crippen molar-refractivity contribution in [3.63, 3.8) is 0 Å². The first-order valence-corrected chi connectivity index (χ1v) is 9.89. The molecule has 0 heterocycles. The normalized spacial score (nSPS) is 18.0. The molecule has 0 radical (unpaired) electrons. The van der Waals surface area contributed by atoms with E-state index in [1.54, 1.807) is 6.92 Å². The Hall–Kier alpha value is -1.06. The van der Waals surface area contributed by atoms with Crippen LogP contribution in [0.4, 0.5) is 0 Å². The number of rotatable bonds is 11. The molecule has 0 amide bonds. The van der Waals surface area contributed by atoms with E-state index in [9.17, 15) is 9.59 Å². The number of carbonyl (C=O) groups is 2. The van der Waals surface area contributed by atoms with E-state index >= 15 is 0 Å². The Balaban J connectivity index is 2.20. The van der Waals surface area contributed by atoms with E-state index in [-0.39, 0.29) is 18.4 Å². The summed E-state index contributed by atoms with van der Waals surface area (Å²) in [7, 11) is 0. The summed E-state index contributed by atoms with van der Waals surface area (Å²) < 4.78 is 10.8. The molecule has 1 fully saturated rings. The van der Waals surface area contributed by atoms with Crippen LogP contribution in [0.1, 0.15) is 85.0 Å². The molecule has 4 heteroatoms. The molecule has 1 aliphatic rings. The van der Waals surface area contributed by atoms with Gasteiger partial charge in [0, 0.05) is 0 Å². The van der Waals surface area contributed by atoms with Gasteiger partial charge in [0.05, 0.1) is 25.6 Å². The summed E-state index contributed by atoms with van der Waals surface area (Å²) in [4.78, 5) is 24.0. The van der Waals surface area contributed by atoms with Gasteiger partial charge in [0.25, 0.3) is 0 Å². The SMILES string of the molecule is CCCCC(CC)COC(=O)CC(C)C(=O)OCC1CCCCC1. The molecule has 0 bridgehead atoms. The van der Waals surface area contributed by atoms with Crippen molar-refractivity contribution in [2.24, 2.45) is 17.8 Å². The summed E-state index contributed by atoms with van der Waals surface area (Å²) in [6.07, 6.45) is 10.6. The minimum atomic E-state index is -0.420. The molecule has 0 aromatic rings. The second-order valence-corrected chi connectivity index (χ2v) is 7.34. The minimum absolute atomic E-state index is 0.119. The van der Waals surface area contributed by atoms with E-state index in [1.165, 1.54) is 25.7 Å². The lowest BCUT2D eigenvalue weighted by Crippen LogP contribution is -2.24. The molecule has 1 saturated carbocycles. The van der Waals surface area contributed by atoms with E-state index < -0.39 is 5.92 Å². The maximum absolute atomic E-state index is 12.0. The number of esters is 2. The van der Waals surface area contributed by atoms with Gasteiger partial charge in [-0.2, -0.15) is 0 Å². The largest absolute Gasteiger partial charge is 0.465 e. The van der Waals surface area contributed by atoms with Crippen LogP contribution in [-0.4, -0.2) is 25.2 Å². The highest BCUT2D eigenvalue weighted by molar-refractivity contribution is 5.79. The average molecular weight is 341 g/mol. The first-order chi connectivity index (χ1) is 11.6. The number of hydrogen-bond acceptors (Lipinski definition) is 4. The van der Waals surface area contributed by atoms with Crippen molar-refractivity contribution in [1.82, 2.24) is 0 Å². The molecule has 0 aromatic heterocycles. The zero-order valence-corrected chi connectivity index (χ0v) is 15.9. The van der Waals surface area contributed by atoms with Crippen molar-refractivity contribution in [2.45, 2.75) is 85.0 Å². The predicted molar refractivity (Wildman–Crippen MR) is 95.6 cm³/mol. The molecule has 24 heavy (non-hydrogen) atoms. The molecule has 0 spiro atoms. The number of unbranched alkanes of at least 4 members (excludes halogenated alkanes) is 1. The maximum atomic E-state index is 12.0. The molecule has 0 N–H and O–H groups in total. The maximum Gasteiger partial charge on any atom is 0.309 e. The highest BCUT2D eigenvalue weighted by Gasteiger charge is 2.22. The Kier molecular flexibility index (Phi) is 10.8. The fourth-order valence-corrected chi connectivity index (χ4v) is 3.20.